The van der Waals surface area contributed by atoms with Gasteiger partial charge >= 0.3 is 0 Å². The van der Waals surface area contributed by atoms with E-state index in [0.717, 1.165) is 12.8 Å². The molecule has 0 bridgehead atoms. The van der Waals surface area contributed by atoms with Gasteiger partial charge in [0, 0.05) is 22.0 Å². The molecule has 3 N–H and O–H groups in total. The summed E-state index contributed by atoms with van der Waals surface area (Å²) < 4.78 is 1.25. The van der Waals surface area contributed by atoms with Gasteiger partial charge in [0.15, 0.2) is 0 Å². The summed E-state index contributed by atoms with van der Waals surface area (Å²) in [6.07, 6.45) is 5.48. The molecule has 18 heavy (non-hydrogen) atoms. The van der Waals surface area contributed by atoms with Gasteiger partial charge in [-0.3, -0.25) is 16.3 Å². The third-order valence-electron chi connectivity index (χ3n) is 2.84. The highest BCUT2D eigenvalue weighted by atomic mass is 127. The molecule has 3 nitrogen and oxygen atoms in total. The van der Waals surface area contributed by atoms with Crippen LogP contribution in [0.15, 0.2) is 48.8 Å². The maximum Gasteiger partial charge on any atom is 0.0300 e. The maximum absolute atomic E-state index is 5.63. The molecule has 2 rings (SSSR count). The summed E-state index contributed by atoms with van der Waals surface area (Å²) >= 11 is 2.31. The molecule has 0 saturated carbocycles. The Bertz CT molecular complexity index is 470. The first-order valence-electron chi connectivity index (χ1n) is 5.87. The number of benzene rings is 1. The predicted octanol–water partition coefficient (Wildman–Crippen LogP) is 2.30. The van der Waals surface area contributed by atoms with Gasteiger partial charge in [-0.25, -0.2) is 0 Å². The SMILES string of the molecule is NNC(Cc1ccc(I)cc1)Cc1cccnc1. The summed E-state index contributed by atoms with van der Waals surface area (Å²) in [6, 6.07) is 12.8. The summed E-state index contributed by atoms with van der Waals surface area (Å²) in [7, 11) is 0. The third kappa shape index (κ3) is 4.04. The molecular formula is C14H16IN3. The zero-order valence-corrected chi connectivity index (χ0v) is 12.2. The van der Waals surface area contributed by atoms with Gasteiger partial charge in [-0.05, 0) is 64.8 Å². The molecule has 0 fully saturated rings. The minimum Gasteiger partial charge on any atom is -0.271 e. The molecule has 2 aromatic rings. The summed E-state index contributed by atoms with van der Waals surface area (Å²) in [5, 5.41) is 0. The average Bonchev–Trinajstić information content (AvgIpc) is 2.41. The van der Waals surface area contributed by atoms with Crippen molar-refractivity contribution in [2.24, 2.45) is 5.84 Å². The lowest BCUT2D eigenvalue weighted by Gasteiger charge is -2.15. The van der Waals surface area contributed by atoms with E-state index in [9.17, 15) is 0 Å². The normalized spacial score (nSPS) is 12.3. The molecule has 1 atom stereocenters. The molecular weight excluding hydrogens is 337 g/mol. The average molecular weight is 353 g/mol. The Morgan fingerprint density at radius 2 is 1.83 bits per heavy atom. The molecule has 0 saturated heterocycles. The lowest BCUT2D eigenvalue weighted by atomic mass is 10.0. The van der Waals surface area contributed by atoms with Crippen LogP contribution in [0.5, 0.6) is 0 Å². The first-order valence-corrected chi connectivity index (χ1v) is 6.95. The fourth-order valence-electron chi connectivity index (χ4n) is 1.90. The monoisotopic (exact) mass is 353 g/mol. The number of hydrogen-bond acceptors (Lipinski definition) is 3. The molecule has 0 aliphatic rings. The zero-order chi connectivity index (χ0) is 12.8. The van der Waals surface area contributed by atoms with E-state index >= 15 is 0 Å². The molecule has 1 aromatic carbocycles. The van der Waals surface area contributed by atoms with E-state index in [1.165, 1.54) is 14.7 Å². The van der Waals surface area contributed by atoms with Crippen molar-refractivity contribution in [2.75, 3.05) is 0 Å². The number of nitrogens with one attached hydrogen (secondary N) is 1. The largest absolute Gasteiger partial charge is 0.271 e. The van der Waals surface area contributed by atoms with Crippen LogP contribution in [0.2, 0.25) is 0 Å². The zero-order valence-electron chi connectivity index (χ0n) is 10.0. The molecule has 94 valence electrons. The summed E-state index contributed by atoms with van der Waals surface area (Å²) in [5.41, 5.74) is 5.38. The third-order valence-corrected chi connectivity index (χ3v) is 3.56. The fourth-order valence-corrected chi connectivity index (χ4v) is 2.26. The minimum absolute atomic E-state index is 0.231. The smallest absolute Gasteiger partial charge is 0.0300 e. The number of nitrogens with two attached hydrogens (primary N) is 1. The van der Waals surface area contributed by atoms with E-state index < -0.39 is 0 Å². The number of pyridine rings is 1. The Labute approximate surface area is 121 Å². The van der Waals surface area contributed by atoms with E-state index in [1.54, 1.807) is 6.20 Å². The van der Waals surface area contributed by atoms with Gasteiger partial charge < -0.3 is 0 Å². The molecule has 0 spiro atoms. The standard InChI is InChI=1S/C14H16IN3/c15-13-5-3-11(4-6-13)8-14(18-16)9-12-2-1-7-17-10-12/h1-7,10,14,18H,8-9,16H2. The highest BCUT2D eigenvalue weighted by Crippen LogP contribution is 2.11. The number of aromatic nitrogens is 1. The highest BCUT2D eigenvalue weighted by molar-refractivity contribution is 14.1. The molecule has 1 unspecified atom stereocenters. The van der Waals surface area contributed by atoms with Gasteiger partial charge in [0.2, 0.25) is 0 Å². The van der Waals surface area contributed by atoms with Crippen molar-refractivity contribution in [1.82, 2.24) is 10.4 Å². The quantitative estimate of drug-likeness (QED) is 0.493. The van der Waals surface area contributed by atoms with E-state index in [2.05, 4.69) is 63.3 Å². The van der Waals surface area contributed by atoms with Crippen LogP contribution in [-0.2, 0) is 12.8 Å². The van der Waals surface area contributed by atoms with Crippen LogP contribution in [0.4, 0.5) is 0 Å². The van der Waals surface area contributed by atoms with Crippen molar-refractivity contribution in [3.8, 4) is 0 Å². The van der Waals surface area contributed by atoms with Gasteiger partial charge in [-0.2, -0.15) is 0 Å². The van der Waals surface area contributed by atoms with Crippen LogP contribution in [0.1, 0.15) is 11.1 Å². The van der Waals surface area contributed by atoms with Crippen molar-refractivity contribution in [2.45, 2.75) is 18.9 Å². The van der Waals surface area contributed by atoms with Gasteiger partial charge in [0.25, 0.3) is 0 Å². The van der Waals surface area contributed by atoms with Crippen molar-refractivity contribution in [3.63, 3.8) is 0 Å². The van der Waals surface area contributed by atoms with Crippen LogP contribution < -0.4 is 11.3 Å². The van der Waals surface area contributed by atoms with Crippen molar-refractivity contribution in [3.05, 3.63) is 63.5 Å². The molecule has 0 amide bonds. The Morgan fingerprint density at radius 1 is 1.11 bits per heavy atom. The highest BCUT2D eigenvalue weighted by Gasteiger charge is 2.08. The Balaban J connectivity index is 1.99. The van der Waals surface area contributed by atoms with Gasteiger partial charge in [-0.15, -0.1) is 0 Å². The minimum atomic E-state index is 0.231. The Hall–Kier alpha value is -0.980. The molecule has 0 aliphatic carbocycles. The number of nitrogens with zero attached hydrogens (tertiary/aromatic N) is 1. The Morgan fingerprint density at radius 3 is 2.44 bits per heavy atom. The molecule has 1 aromatic heterocycles. The van der Waals surface area contributed by atoms with Crippen LogP contribution in [0, 0.1) is 3.57 Å². The number of hydrogen-bond donors (Lipinski definition) is 2. The van der Waals surface area contributed by atoms with E-state index in [1.807, 2.05) is 12.3 Å². The summed E-state index contributed by atoms with van der Waals surface area (Å²) in [5.74, 6) is 5.63. The second-order valence-corrected chi connectivity index (χ2v) is 5.51. The van der Waals surface area contributed by atoms with Gasteiger partial charge in [0.1, 0.15) is 0 Å². The van der Waals surface area contributed by atoms with Gasteiger partial charge in [-0.1, -0.05) is 18.2 Å². The summed E-state index contributed by atoms with van der Waals surface area (Å²) in [4.78, 5) is 4.12. The number of hydrazine groups is 1. The first-order chi connectivity index (χ1) is 8.78. The van der Waals surface area contributed by atoms with Crippen molar-refractivity contribution in [1.29, 1.82) is 0 Å². The van der Waals surface area contributed by atoms with Crippen LogP contribution in [0.3, 0.4) is 0 Å². The van der Waals surface area contributed by atoms with Gasteiger partial charge in [0.05, 0.1) is 0 Å². The summed E-state index contributed by atoms with van der Waals surface area (Å²) in [6.45, 7) is 0. The molecule has 1 heterocycles. The van der Waals surface area contributed by atoms with Crippen molar-refractivity contribution < 1.29 is 0 Å². The second kappa shape index (κ2) is 6.82. The maximum atomic E-state index is 5.63. The molecule has 4 heteroatoms. The van der Waals surface area contributed by atoms with Crippen LogP contribution >= 0.6 is 22.6 Å². The van der Waals surface area contributed by atoms with Crippen LogP contribution in [-0.4, -0.2) is 11.0 Å². The second-order valence-electron chi connectivity index (χ2n) is 4.26. The lowest BCUT2D eigenvalue weighted by molar-refractivity contribution is 0.522. The molecule has 0 radical (unpaired) electrons. The van der Waals surface area contributed by atoms with E-state index in [4.69, 9.17) is 5.84 Å². The Kier molecular flexibility index (Phi) is 5.10. The lowest BCUT2D eigenvalue weighted by Crippen LogP contribution is -2.38. The molecule has 0 aliphatic heterocycles. The van der Waals surface area contributed by atoms with Crippen LogP contribution in [0.25, 0.3) is 0 Å². The number of halogens is 1. The fraction of sp³-hybridized carbons (Fsp3) is 0.214. The van der Waals surface area contributed by atoms with Crippen molar-refractivity contribution >= 4 is 22.6 Å². The van der Waals surface area contributed by atoms with E-state index in [-0.39, 0.29) is 6.04 Å². The number of rotatable bonds is 5. The topological polar surface area (TPSA) is 50.9 Å². The first kappa shape index (κ1) is 13.5. The predicted molar refractivity (Wildman–Crippen MR) is 81.9 cm³/mol. The van der Waals surface area contributed by atoms with E-state index in [0.29, 0.717) is 0 Å².